The van der Waals surface area contributed by atoms with E-state index in [-0.39, 0.29) is 4.90 Å². The van der Waals surface area contributed by atoms with E-state index in [2.05, 4.69) is 20.2 Å². The third-order valence-corrected chi connectivity index (χ3v) is 5.48. The largest absolute Gasteiger partial charge is 0.280 e. The summed E-state index contributed by atoms with van der Waals surface area (Å²) in [5.41, 5.74) is 4.09. The van der Waals surface area contributed by atoms with Crippen LogP contribution in [0.5, 0.6) is 0 Å². The second kappa shape index (κ2) is 6.29. The summed E-state index contributed by atoms with van der Waals surface area (Å²) in [6, 6.07) is 10.3. The minimum absolute atomic E-state index is 0.233. The molecule has 0 spiro atoms. The van der Waals surface area contributed by atoms with Gasteiger partial charge in [-0.3, -0.25) is 4.72 Å². The summed E-state index contributed by atoms with van der Waals surface area (Å²) in [6.07, 6.45) is 0. The molecule has 0 amide bonds. The van der Waals surface area contributed by atoms with Crippen molar-refractivity contribution >= 4 is 15.7 Å². The van der Waals surface area contributed by atoms with Gasteiger partial charge in [0.2, 0.25) is 0 Å². The van der Waals surface area contributed by atoms with Gasteiger partial charge < -0.3 is 0 Å². The Morgan fingerprint density at radius 1 is 0.920 bits per heavy atom. The van der Waals surface area contributed by atoms with Crippen molar-refractivity contribution in [2.75, 3.05) is 4.72 Å². The van der Waals surface area contributed by atoms with E-state index in [1.807, 2.05) is 26.8 Å². The minimum atomic E-state index is -3.67. The number of aromatic nitrogens is 4. The fourth-order valence-electron chi connectivity index (χ4n) is 2.45. The van der Waals surface area contributed by atoms with Crippen molar-refractivity contribution in [2.45, 2.75) is 32.6 Å². The topological polar surface area (TPSA) is 89.8 Å². The number of tetrazole rings is 1. The maximum Gasteiger partial charge on any atom is 0.261 e. The predicted octanol–water partition coefficient (Wildman–Crippen LogP) is 2.70. The molecule has 0 fully saturated rings. The molecule has 0 aliphatic heterocycles. The highest BCUT2D eigenvalue weighted by Gasteiger charge is 2.16. The Bertz CT molecular complexity index is 1040. The number of benzene rings is 2. The molecule has 2 aromatic carbocycles. The molecule has 0 bridgehead atoms. The van der Waals surface area contributed by atoms with Crippen LogP contribution in [0.15, 0.2) is 41.3 Å². The van der Waals surface area contributed by atoms with Gasteiger partial charge in [-0.15, -0.1) is 5.10 Å². The van der Waals surface area contributed by atoms with Crippen LogP contribution in [0, 0.1) is 27.7 Å². The van der Waals surface area contributed by atoms with Crippen LogP contribution in [0.25, 0.3) is 5.69 Å². The Labute approximate surface area is 146 Å². The molecular weight excluding hydrogens is 338 g/mol. The molecule has 3 aromatic rings. The number of hydrogen-bond donors (Lipinski definition) is 1. The summed E-state index contributed by atoms with van der Waals surface area (Å²) < 4.78 is 29.5. The van der Waals surface area contributed by atoms with Crippen LogP contribution >= 0.6 is 0 Å². The van der Waals surface area contributed by atoms with Crippen LogP contribution in [0.1, 0.15) is 22.5 Å². The van der Waals surface area contributed by atoms with E-state index in [9.17, 15) is 8.42 Å². The number of anilines is 1. The van der Waals surface area contributed by atoms with Gasteiger partial charge in [-0.25, -0.2) is 8.42 Å². The Kier molecular flexibility index (Phi) is 4.30. The normalized spacial score (nSPS) is 11.5. The molecule has 0 atom stereocenters. The number of nitrogens with one attached hydrogen (secondary N) is 1. The van der Waals surface area contributed by atoms with Crippen LogP contribution in [0.3, 0.4) is 0 Å². The highest BCUT2D eigenvalue weighted by molar-refractivity contribution is 7.92. The molecule has 1 aromatic heterocycles. The summed E-state index contributed by atoms with van der Waals surface area (Å²) >= 11 is 0. The Morgan fingerprint density at radius 2 is 1.64 bits per heavy atom. The van der Waals surface area contributed by atoms with Crippen molar-refractivity contribution in [2.24, 2.45) is 0 Å². The smallest absolute Gasteiger partial charge is 0.261 e. The lowest BCUT2D eigenvalue weighted by Gasteiger charge is -2.12. The fourth-order valence-corrected chi connectivity index (χ4v) is 3.58. The lowest BCUT2D eigenvalue weighted by Crippen LogP contribution is -2.14. The summed E-state index contributed by atoms with van der Waals surface area (Å²) in [6.45, 7) is 7.53. The lowest BCUT2D eigenvalue weighted by atomic mass is 10.1. The van der Waals surface area contributed by atoms with Crippen LogP contribution in [-0.2, 0) is 10.0 Å². The molecule has 0 saturated heterocycles. The van der Waals surface area contributed by atoms with Gasteiger partial charge in [-0.1, -0.05) is 12.1 Å². The maximum atomic E-state index is 12.7. The summed E-state index contributed by atoms with van der Waals surface area (Å²) in [7, 11) is -3.67. The molecule has 3 rings (SSSR count). The number of aryl methyl sites for hydroxylation is 4. The van der Waals surface area contributed by atoms with Gasteiger partial charge in [-0.2, -0.15) is 4.68 Å². The van der Waals surface area contributed by atoms with E-state index >= 15 is 0 Å². The molecule has 130 valence electrons. The molecule has 0 aliphatic carbocycles. The van der Waals surface area contributed by atoms with E-state index < -0.39 is 10.0 Å². The standard InChI is InChI=1S/C17H19N5O2S/c1-11-6-8-16(9-13(11)3)25(23,24)19-15-7-5-12(2)17(10-15)22-14(4)18-20-21-22/h5-10,19H,1-4H3. The SMILES string of the molecule is Cc1ccc(S(=O)(=O)Nc2ccc(C)c(-n3nnnc3C)c2)cc1C. The molecule has 1 N–H and O–H groups in total. The lowest BCUT2D eigenvalue weighted by molar-refractivity contribution is 0.601. The second-order valence-electron chi connectivity index (χ2n) is 5.99. The molecule has 0 radical (unpaired) electrons. The average molecular weight is 357 g/mol. The maximum absolute atomic E-state index is 12.7. The quantitative estimate of drug-likeness (QED) is 0.775. The first-order chi connectivity index (χ1) is 11.8. The zero-order chi connectivity index (χ0) is 18.2. The van der Waals surface area contributed by atoms with Crippen molar-refractivity contribution in [3.63, 3.8) is 0 Å². The van der Waals surface area contributed by atoms with Gasteiger partial charge in [0.1, 0.15) is 0 Å². The van der Waals surface area contributed by atoms with Crippen LogP contribution in [0.2, 0.25) is 0 Å². The first kappa shape index (κ1) is 17.1. The number of nitrogens with zero attached hydrogens (tertiary/aromatic N) is 4. The molecule has 7 nitrogen and oxygen atoms in total. The zero-order valence-electron chi connectivity index (χ0n) is 14.5. The third-order valence-electron chi connectivity index (χ3n) is 4.10. The minimum Gasteiger partial charge on any atom is -0.280 e. The molecule has 8 heteroatoms. The van der Waals surface area contributed by atoms with Crippen molar-refractivity contribution in [1.82, 2.24) is 20.2 Å². The molecule has 1 heterocycles. The number of sulfonamides is 1. The van der Waals surface area contributed by atoms with E-state index in [1.54, 1.807) is 41.9 Å². The summed E-state index contributed by atoms with van der Waals surface area (Å²) in [4.78, 5) is 0.233. The van der Waals surface area contributed by atoms with E-state index in [1.165, 1.54) is 0 Å². The summed E-state index contributed by atoms with van der Waals surface area (Å²) in [5.74, 6) is 0.622. The highest BCUT2D eigenvalue weighted by atomic mass is 32.2. The Hall–Kier alpha value is -2.74. The Morgan fingerprint density at radius 3 is 2.28 bits per heavy atom. The van der Waals surface area contributed by atoms with E-state index in [0.717, 1.165) is 22.4 Å². The van der Waals surface area contributed by atoms with Gasteiger partial charge >= 0.3 is 0 Å². The van der Waals surface area contributed by atoms with Crippen molar-refractivity contribution in [3.05, 3.63) is 58.9 Å². The van der Waals surface area contributed by atoms with E-state index in [0.29, 0.717) is 11.5 Å². The van der Waals surface area contributed by atoms with Gasteiger partial charge in [0.15, 0.2) is 5.82 Å². The zero-order valence-corrected chi connectivity index (χ0v) is 15.3. The number of rotatable bonds is 4. The van der Waals surface area contributed by atoms with Gasteiger partial charge in [-0.05, 0) is 79.1 Å². The van der Waals surface area contributed by atoms with Gasteiger partial charge in [0.05, 0.1) is 16.3 Å². The molecular formula is C17H19N5O2S. The average Bonchev–Trinajstić information content (AvgIpc) is 2.97. The Balaban J connectivity index is 1.98. The van der Waals surface area contributed by atoms with E-state index in [4.69, 9.17) is 0 Å². The highest BCUT2D eigenvalue weighted by Crippen LogP contribution is 2.23. The first-order valence-corrected chi connectivity index (χ1v) is 9.22. The monoisotopic (exact) mass is 357 g/mol. The van der Waals surface area contributed by atoms with Crippen molar-refractivity contribution in [3.8, 4) is 5.69 Å². The van der Waals surface area contributed by atoms with Gasteiger partial charge in [0, 0.05) is 0 Å². The molecule has 0 aliphatic rings. The molecule has 0 saturated carbocycles. The summed E-state index contributed by atoms with van der Waals surface area (Å²) in [5, 5.41) is 11.4. The van der Waals surface area contributed by atoms with Gasteiger partial charge in [0.25, 0.3) is 10.0 Å². The molecule has 25 heavy (non-hydrogen) atoms. The van der Waals surface area contributed by atoms with Crippen molar-refractivity contribution in [1.29, 1.82) is 0 Å². The first-order valence-electron chi connectivity index (χ1n) is 7.74. The third kappa shape index (κ3) is 3.39. The molecule has 0 unspecified atom stereocenters. The fraction of sp³-hybridized carbons (Fsp3) is 0.235. The van der Waals surface area contributed by atoms with Crippen LogP contribution in [0.4, 0.5) is 5.69 Å². The second-order valence-corrected chi connectivity index (χ2v) is 7.67. The van der Waals surface area contributed by atoms with Crippen molar-refractivity contribution < 1.29 is 8.42 Å². The predicted molar refractivity (Wildman–Crippen MR) is 95.4 cm³/mol. The van der Waals surface area contributed by atoms with Crippen LogP contribution < -0.4 is 4.72 Å². The number of hydrogen-bond acceptors (Lipinski definition) is 5. The van der Waals surface area contributed by atoms with Crippen LogP contribution in [-0.4, -0.2) is 28.6 Å².